The van der Waals surface area contributed by atoms with Gasteiger partial charge in [0.2, 0.25) is 5.91 Å². The van der Waals surface area contributed by atoms with Crippen LogP contribution in [-0.4, -0.2) is 55.2 Å². The second kappa shape index (κ2) is 11.0. The SMILES string of the molecule is Cc1cccc(CC(=O)N(CCCN2CCOCC2)c2nc3ccc(C)cc3s2)c1.Cl. The Morgan fingerprint density at radius 3 is 2.68 bits per heavy atom. The fraction of sp³-hybridized carbons (Fsp3) is 0.417. The molecule has 31 heavy (non-hydrogen) atoms. The van der Waals surface area contributed by atoms with Crippen molar-refractivity contribution in [3.63, 3.8) is 0 Å². The molecule has 5 nitrogen and oxygen atoms in total. The number of morpholine rings is 1. The van der Waals surface area contributed by atoms with E-state index in [1.165, 1.54) is 11.1 Å². The predicted molar refractivity (Wildman–Crippen MR) is 131 cm³/mol. The maximum absolute atomic E-state index is 13.3. The number of carbonyl (C=O) groups excluding carboxylic acids is 1. The zero-order chi connectivity index (χ0) is 20.9. The lowest BCUT2D eigenvalue weighted by molar-refractivity contribution is -0.118. The molecule has 7 heteroatoms. The van der Waals surface area contributed by atoms with Crippen LogP contribution in [0.5, 0.6) is 0 Å². The van der Waals surface area contributed by atoms with E-state index in [0.29, 0.717) is 13.0 Å². The van der Waals surface area contributed by atoms with E-state index in [9.17, 15) is 4.79 Å². The smallest absolute Gasteiger partial charge is 0.233 e. The first kappa shape index (κ1) is 23.7. The number of aromatic nitrogens is 1. The first-order valence-electron chi connectivity index (χ1n) is 10.6. The van der Waals surface area contributed by atoms with Gasteiger partial charge in [-0.15, -0.1) is 12.4 Å². The van der Waals surface area contributed by atoms with Gasteiger partial charge < -0.3 is 4.74 Å². The number of carbonyl (C=O) groups is 1. The average molecular weight is 460 g/mol. The Labute approximate surface area is 194 Å². The monoisotopic (exact) mass is 459 g/mol. The van der Waals surface area contributed by atoms with Crippen LogP contribution in [0.4, 0.5) is 5.13 Å². The van der Waals surface area contributed by atoms with Crippen molar-refractivity contribution in [3.8, 4) is 0 Å². The molecular weight excluding hydrogens is 430 g/mol. The standard InChI is InChI=1S/C24H29N3O2S.ClH/c1-18-5-3-6-20(15-18)17-23(28)27(10-4-9-26-11-13-29-14-12-26)24-25-21-8-7-19(2)16-22(21)30-24;/h3,5-8,15-16H,4,9-14,17H2,1-2H3;1H. The van der Waals surface area contributed by atoms with E-state index in [-0.39, 0.29) is 18.3 Å². The van der Waals surface area contributed by atoms with E-state index in [1.807, 2.05) is 23.1 Å². The molecule has 0 unspecified atom stereocenters. The molecule has 0 saturated carbocycles. The summed E-state index contributed by atoms with van der Waals surface area (Å²) in [5.41, 5.74) is 4.40. The van der Waals surface area contributed by atoms with Gasteiger partial charge in [-0.1, -0.05) is 47.2 Å². The van der Waals surface area contributed by atoms with E-state index >= 15 is 0 Å². The summed E-state index contributed by atoms with van der Waals surface area (Å²) in [6.45, 7) is 9.34. The van der Waals surface area contributed by atoms with Crippen LogP contribution in [0.3, 0.4) is 0 Å². The molecule has 1 aromatic heterocycles. The minimum Gasteiger partial charge on any atom is -0.379 e. The molecule has 0 spiro atoms. The Balaban J connectivity index is 0.00000272. The van der Waals surface area contributed by atoms with Gasteiger partial charge in [-0.25, -0.2) is 4.98 Å². The topological polar surface area (TPSA) is 45.7 Å². The van der Waals surface area contributed by atoms with Crippen molar-refractivity contribution in [2.75, 3.05) is 44.3 Å². The summed E-state index contributed by atoms with van der Waals surface area (Å²) in [5.74, 6) is 0.110. The lowest BCUT2D eigenvalue weighted by atomic mass is 10.1. The average Bonchev–Trinajstić information content (AvgIpc) is 3.14. The summed E-state index contributed by atoms with van der Waals surface area (Å²) in [7, 11) is 0. The number of halogens is 1. The summed E-state index contributed by atoms with van der Waals surface area (Å²) in [4.78, 5) is 22.4. The third kappa shape index (κ3) is 6.26. The number of amides is 1. The van der Waals surface area contributed by atoms with Gasteiger partial charge >= 0.3 is 0 Å². The Morgan fingerprint density at radius 2 is 1.90 bits per heavy atom. The molecule has 2 aromatic carbocycles. The van der Waals surface area contributed by atoms with Gasteiger partial charge in [0, 0.05) is 26.2 Å². The molecule has 2 heterocycles. The van der Waals surface area contributed by atoms with Crippen molar-refractivity contribution in [3.05, 3.63) is 59.2 Å². The maximum Gasteiger partial charge on any atom is 0.233 e. The Bertz CT molecular complexity index is 1020. The highest BCUT2D eigenvalue weighted by Crippen LogP contribution is 2.30. The van der Waals surface area contributed by atoms with Crippen LogP contribution >= 0.6 is 23.7 Å². The molecule has 0 aliphatic carbocycles. The number of fused-ring (bicyclic) bond motifs is 1. The molecule has 0 bridgehead atoms. The highest BCUT2D eigenvalue weighted by molar-refractivity contribution is 7.22. The Kier molecular flexibility index (Phi) is 8.43. The second-order valence-electron chi connectivity index (χ2n) is 7.99. The molecule has 0 radical (unpaired) electrons. The first-order valence-corrected chi connectivity index (χ1v) is 11.4. The first-order chi connectivity index (χ1) is 14.6. The van der Waals surface area contributed by atoms with Crippen LogP contribution in [0.2, 0.25) is 0 Å². The Morgan fingerprint density at radius 1 is 1.13 bits per heavy atom. The molecule has 1 aliphatic heterocycles. The highest BCUT2D eigenvalue weighted by Gasteiger charge is 2.21. The van der Waals surface area contributed by atoms with Crippen LogP contribution in [0, 0.1) is 13.8 Å². The predicted octanol–water partition coefficient (Wildman–Crippen LogP) is 4.63. The molecule has 1 fully saturated rings. The van der Waals surface area contributed by atoms with Crippen molar-refractivity contribution in [1.29, 1.82) is 0 Å². The third-order valence-corrected chi connectivity index (χ3v) is 6.50. The molecule has 1 saturated heterocycles. The van der Waals surface area contributed by atoms with Gasteiger partial charge in [0.05, 0.1) is 29.9 Å². The lowest BCUT2D eigenvalue weighted by Crippen LogP contribution is -2.39. The minimum atomic E-state index is 0. The number of thiazole rings is 1. The Hall–Kier alpha value is -1.99. The van der Waals surface area contributed by atoms with Crippen LogP contribution in [0.1, 0.15) is 23.1 Å². The van der Waals surface area contributed by atoms with E-state index in [4.69, 9.17) is 9.72 Å². The normalized spacial score (nSPS) is 14.4. The summed E-state index contributed by atoms with van der Waals surface area (Å²) in [6.07, 6.45) is 1.32. The van der Waals surface area contributed by atoms with Crippen LogP contribution < -0.4 is 4.90 Å². The van der Waals surface area contributed by atoms with Crippen LogP contribution in [0.15, 0.2) is 42.5 Å². The number of aryl methyl sites for hydroxylation is 2. The van der Waals surface area contributed by atoms with E-state index in [2.05, 4.69) is 43.0 Å². The summed E-state index contributed by atoms with van der Waals surface area (Å²) in [6, 6.07) is 14.5. The number of anilines is 1. The van der Waals surface area contributed by atoms with Gasteiger partial charge in [-0.2, -0.15) is 0 Å². The van der Waals surface area contributed by atoms with Gasteiger partial charge in [0.25, 0.3) is 0 Å². The minimum absolute atomic E-state index is 0. The molecule has 0 N–H and O–H groups in total. The number of hydrogen-bond acceptors (Lipinski definition) is 5. The van der Waals surface area contributed by atoms with Gasteiger partial charge in [0.15, 0.2) is 5.13 Å². The van der Waals surface area contributed by atoms with Crippen molar-refractivity contribution < 1.29 is 9.53 Å². The van der Waals surface area contributed by atoms with Gasteiger partial charge in [-0.05, 0) is 43.5 Å². The fourth-order valence-corrected chi connectivity index (χ4v) is 4.94. The number of nitrogens with zero attached hydrogens (tertiary/aromatic N) is 3. The van der Waals surface area contributed by atoms with E-state index in [1.54, 1.807) is 11.3 Å². The quantitative estimate of drug-likeness (QED) is 0.516. The van der Waals surface area contributed by atoms with E-state index < -0.39 is 0 Å². The van der Waals surface area contributed by atoms with Crippen molar-refractivity contribution in [1.82, 2.24) is 9.88 Å². The molecule has 1 amide bonds. The van der Waals surface area contributed by atoms with Crippen molar-refractivity contribution >= 4 is 45.0 Å². The maximum atomic E-state index is 13.3. The molecule has 3 aromatic rings. The molecule has 4 rings (SSSR count). The fourth-order valence-electron chi connectivity index (χ4n) is 3.83. The second-order valence-corrected chi connectivity index (χ2v) is 9.00. The van der Waals surface area contributed by atoms with E-state index in [0.717, 1.165) is 60.2 Å². The summed E-state index contributed by atoms with van der Waals surface area (Å²) < 4.78 is 6.57. The zero-order valence-corrected chi connectivity index (χ0v) is 19.8. The largest absolute Gasteiger partial charge is 0.379 e. The third-order valence-electron chi connectivity index (χ3n) is 5.46. The molecule has 0 atom stereocenters. The number of ether oxygens (including phenoxy) is 1. The van der Waals surface area contributed by atoms with Crippen molar-refractivity contribution in [2.24, 2.45) is 0 Å². The van der Waals surface area contributed by atoms with Crippen molar-refractivity contribution in [2.45, 2.75) is 26.7 Å². The summed E-state index contributed by atoms with van der Waals surface area (Å²) in [5, 5.41) is 0.801. The molecule has 166 valence electrons. The number of rotatable bonds is 7. The molecular formula is C24H30ClN3O2S. The molecule has 1 aliphatic rings. The summed E-state index contributed by atoms with van der Waals surface area (Å²) >= 11 is 1.61. The zero-order valence-electron chi connectivity index (χ0n) is 18.2. The van der Waals surface area contributed by atoms with Gasteiger partial charge in [0.1, 0.15) is 0 Å². The lowest BCUT2D eigenvalue weighted by Gasteiger charge is -2.27. The van der Waals surface area contributed by atoms with Crippen LogP contribution in [-0.2, 0) is 16.0 Å². The number of hydrogen-bond donors (Lipinski definition) is 0. The van der Waals surface area contributed by atoms with Crippen LogP contribution in [0.25, 0.3) is 10.2 Å². The van der Waals surface area contributed by atoms with Gasteiger partial charge in [-0.3, -0.25) is 14.6 Å². The number of benzene rings is 2. The highest BCUT2D eigenvalue weighted by atomic mass is 35.5.